The van der Waals surface area contributed by atoms with Crippen LogP contribution in [0.2, 0.25) is 0 Å². The van der Waals surface area contributed by atoms with E-state index in [1.807, 2.05) is 20.8 Å². The predicted molar refractivity (Wildman–Crippen MR) is 120 cm³/mol. The zero-order valence-corrected chi connectivity index (χ0v) is 20.0. The highest BCUT2D eigenvalue weighted by molar-refractivity contribution is 7.07. The summed E-state index contributed by atoms with van der Waals surface area (Å²) in [7, 11) is 0. The lowest BCUT2D eigenvalue weighted by atomic mass is 9.92. The molecule has 2 rings (SSSR count). The normalized spacial score (nSPS) is 13.2. The lowest BCUT2D eigenvalue weighted by Crippen LogP contribution is -2.37. The van der Waals surface area contributed by atoms with Crippen molar-refractivity contribution in [3.63, 3.8) is 0 Å². The van der Waals surface area contributed by atoms with Crippen LogP contribution in [0.3, 0.4) is 0 Å². The van der Waals surface area contributed by atoms with Crippen molar-refractivity contribution in [2.24, 2.45) is 22.1 Å². The Hall–Kier alpha value is -2.92. The molecule has 1 heterocycles. The number of anilines is 1. The highest BCUT2D eigenvalue weighted by Gasteiger charge is 2.21. The zero-order chi connectivity index (χ0) is 24.9. The Morgan fingerprint density at radius 2 is 1.82 bits per heavy atom. The number of nitrogens with zero attached hydrogens (tertiary/aromatic N) is 2. The first kappa shape index (κ1) is 26.3. The number of ether oxygens (including phenoxy) is 1. The van der Waals surface area contributed by atoms with Gasteiger partial charge in [0.25, 0.3) is 5.91 Å². The van der Waals surface area contributed by atoms with E-state index in [9.17, 15) is 23.2 Å². The average molecular weight is 483 g/mol. The minimum absolute atomic E-state index is 0.0624. The highest BCUT2D eigenvalue weighted by Crippen LogP contribution is 2.24. The van der Waals surface area contributed by atoms with Crippen LogP contribution in [0.15, 0.2) is 28.7 Å². The Labute approximate surface area is 194 Å². The summed E-state index contributed by atoms with van der Waals surface area (Å²) < 4.78 is 35.4. The Bertz CT molecular complexity index is 1080. The molecule has 0 saturated heterocycles. The number of thiazole rings is 1. The van der Waals surface area contributed by atoms with Crippen molar-refractivity contribution < 1.29 is 27.9 Å². The number of halogens is 2. The highest BCUT2D eigenvalue weighted by atomic mass is 32.1. The molecule has 0 aliphatic heterocycles. The standard InChI is InChI=1S/C22H28F2N4O4S/c1-12(2)17(25)20(31)32-11-28-6-7-33-21(28)27-19(30)13-8-14(23)18(15(24)9-13)26-16(29)10-22(3,4)5/h6-9,12,17H,10-11,25H2,1-5H3,(H,26,29)/t17-/m0/s1. The molecule has 2 amide bonds. The number of hydrogen-bond acceptors (Lipinski definition) is 6. The van der Waals surface area contributed by atoms with Gasteiger partial charge in [-0.25, -0.2) is 8.78 Å². The smallest absolute Gasteiger partial charge is 0.324 e. The van der Waals surface area contributed by atoms with E-state index in [1.54, 1.807) is 25.4 Å². The summed E-state index contributed by atoms with van der Waals surface area (Å²) in [5.41, 5.74) is 4.41. The SMILES string of the molecule is CC(C)[C@H](N)C(=O)OCn1ccsc1=NC(=O)c1cc(F)c(NC(=O)CC(C)(C)C)c(F)c1. The van der Waals surface area contributed by atoms with E-state index in [1.165, 1.54) is 4.57 Å². The van der Waals surface area contributed by atoms with Crippen molar-refractivity contribution in [1.82, 2.24) is 4.57 Å². The molecule has 8 nitrogen and oxygen atoms in total. The molecule has 0 saturated carbocycles. The zero-order valence-electron chi connectivity index (χ0n) is 19.1. The van der Waals surface area contributed by atoms with E-state index in [2.05, 4.69) is 10.3 Å². The number of amides is 2. The van der Waals surface area contributed by atoms with E-state index >= 15 is 0 Å². The first-order chi connectivity index (χ1) is 15.3. The van der Waals surface area contributed by atoms with Crippen LogP contribution in [0.25, 0.3) is 0 Å². The number of nitrogens with one attached hydrogen (secondary N) is 1. The number of carbonyl (C=O) groups is 3. The van der Waals surface area contributed by atoms with Crippen LogP contribution in [0.1, 0.15) is 51.4 Å². The van der Waals surface area contributed by atoms with Gasteiger partial charge < -0.3 is 15.8 Å². The third kappa shape index (κ3) is 7.57. The molecule has 11 heteroatoms. The Kier molecular flexibility index (Phi) is 8.62. The monoisotopic (exact) mass is 482 g/mol. The number of hydrogen-bond donors (Lipinski definition) is 2. The first-order valence-electron chi connectivity index (χ1n) is 10.2. The van der Waals surface area contributed by atoms with E-state index in [0.29, 0.717) is 0 Å². The topological polar surface area (TPSA) is 116 Å². The molecule has 180 valence electrons. The van der Waals surface area contributed by atoms with Gasteiger partial charge in [-0.2, -0.15) is 4.99 Å². The Balaban J connectivity index is 2.19. The average Bonchev–Trinajstić information content (AvgIpc) is 3.13. The molecular formula is C22H28F2N4O4S. The number of rotatable bonds is 7. The quantitative estimate of drug-likeness (QED) is 0.587. The third-order valence-corrected chi connectivity index (χ3v) is 5.23. The molecule has 33 heavy (non-hydrogen) atoms. The van der Waals surface area contributed by atoms with E-state index in [4.69, 9.17) is 10.5 Å². The lowest BCUT2D eigenvalue weighted by Gasteiger charge is -2.17. The van der Waals surface area contributed by atoms with Crippen LogP contribution in [0.4, 0.5) is 14.5 Å². The first-order valence-corrected chi connectivity index (χ1v) is 11.1. The summed E-state index contributed by atoms with van der Waals surface area (Å²) in [6.45, 7) is 8.79. The molecule has 0 bridgehead atoms. The maximum atomic E-state index is 14.5. The van der Waals surface area contributed by atoms with E-state index in [-0.39, 0.29) is 34.8 Å². The summed E-state index contributed by atoms with van der Waals surface area (Å²) in [6, 6.07) is 0.822. The second-order valence-electron chi connectivity index (χ2n) is 9.04. The molecule has 3 N–H and O–H groups in total. The van der Waals surface area contributed by atoms with Crippen molar-refractivity contribution in [1.29, 1.82) is 0 Å². The van der Waals surface area contributed by atoms with Crippen LogP contribution < -0.4 is 15.9 Å². The van der Waals surface area contributed by atoms with E-state index in [0.717, 1.165) is 23.5 Å². The van der Waals surface area contributed by atoms with Gasteiger partial charge in [-0.05, 0) is 23.5 Å². The van der Waals surface area contributed by atoms with Gasteiger partial charge in [0.1, 0.15) is 11.7 Å². The number of carbonyl (C=O) groups excluding carboxylic acids is 3. The number of esters is 1. The summed E-state index contributed by atoms with van der Waals surface area (Å²) in [5.74, 6) is -4.34. The molecule has 1 atom stereocenters. The minimum Gasteiger partial charge on any atom is -0.443 e. The fraction of sp³-hybridized carbons (Fsp3) is 0.455. The fourth-order valence-electron chi connectivity index (χ4n) is 2.62. The minimum atomic E-state index is -1.09. The summed E-state index contributed by atoms with van der Waals surface area (Å²) >= 11 is 1.07. The van der Waals surface area contributed by atoms with Crippen LogP contribution in [0, 0.1) is 23.0 Å². The van der Waals surface area contributed by atoms with Crippen molar-refractivity contribution in [2.45, 2.75) is 53.8 Å². The molecule has 0 aliphatic carbocycles. The van der Waals surface area contributed by atoms with Gasteiger partial charge in [0, 0.05) is 23.6 Å². The van der Waals surface area contributed by atoms with Crippen molar-refractivity contribution in [3.05, 3.63) is 45.7 Å². The largest absolute Gasteiger partial charge is 0.443 e. The summed E-state index contributed by atoms with van der Waals surface area (Å²) in [4.78, 5) is 40.5. The number of nitrogens with two attached hydrogens (primary N) is 1. The van der Waals surface area contributed by atoms with Crippen molar-refractivity contribution >= 4 is 34.8 Å². The molecule has 0 fully saturated rings. The second kappa shape index (κ2) is 10.8. The van der Waals surface area contributed by atoms with Gasteiger partial charge in [0.15, 0.2) is 23.2 Å². The lowest BCUT2D eigenvalue weighted by molar-refractivity contribution is -0.150. The van der Waals surface area contributed by atoms with Crippen molar-refractivity contribution in [3.8, 4) is 0 Å². The maximum absolute atomic E-state index is 14.5. The van der Waals surface area contributed by atoms with Crippen LogP contribution >= 0.6 is 11.3 Å². The van der Waals surface area contributed by atoms with Crippen LogP contribution in [-0.2, 0) is 21.1 Å². The Morgan fingerprint density at radius 1 is 1.21 bits per heavy atom. The molecule has 0 radical (unpaired) electrons. The number of aromatic nitrogens is 1. The summed E-state index contributed by atoms with van der Waals surface area (Å²) in [6.07, 6.45) is 1.60. The second-order valence-corrected chi connectivity index (χ2v) is 9.91. The molecule has 2 aromatic rings. The predicted octanol–water partition coefficient (Wildman–Crippen LogP) is 3.43. The van der Waals surface area contributed by atoms with Gasteiger partial charge in [-0.3, -0.25) is 19.0 Å². The van der Waals surface area contributed by atoms with Crippen molar-refractivity contribution in [2.75, 3.05) is 5.32 Å². The fourth-order valence-corrected chi connectivity index (χ4v) is 3.33. The summed E-state index contributed by atoms with van der Waals surface area (Å²) in [5, 5.41) is 3.82. The van der Waals surface area contributed by atoms with Gasteiger partial charge in [-0.15, -0.1) is 11.3 Å². The number of benzene rings is 1. The van der Waals surface area contributed by atoms with Gasteiger partial charge in [0.2, 0.25) is 5.91 Å². The molecule has 0 spiro atoms. The molecule has 1 aromatic heterocycles. The third-order valence-electron chi connectivity index (χ3n) is 4.44. The molecule has 0 unspecified atom stereocenters. The van der Waals surface area contributed by atoms with Crippen LogP contribution in [0.5, 0.6) is 0 Å². The maximum Gasteiger partial charge on any atom is 0.324 e. The van der Waals surface area contributed by atoms with Gasteiger partial charge in [-0.1, -0.05) is 34.6 Å². The van der Waals surface area contributed by atoms with Gasteiger partial charge >= 0.3 is 5.97 Å². The molecule has 1 aromatic carbocycles. The molecule has 0 aliphatic rings. The molecular weight excluding hydrogens is 454 g/mol. The van der Waals surface area contributed by atoms with E-state index < -0.39 is 41.1 Å². The van der Waals surface area contributed by atoms with Gasteiger partial charge in [0.05, 0.1) is 0 Å². The Morgan fingerprint density at radius 3 is 2.36 bits per heavy atom. The van der Waals surface area contributed by atoms with Crippen LogP contribution in [-0.4, -0.2) is 28.4 Å².